The highest BCUT2D eigenvalue weighted by atomic mass is 19.1. The second-order valence-corrected chi connectivity index (χ2v) is 5.92. The van der Waals surface area contributed by atoms with Crippen LogP contribution in [0.2, 0.25) is 0 Å². The standard InChI is InChI=1S/C16H21FN2O2/c1-11-2-3-12(8-14(11)17)9-18-16(20)19-6-7-21-10-15(19)13-4-5-13/h2-3,8,13,15H,4-7,9-10H2,1H3,(H,18,20)/t15-/m1/s1. The summed E-state index contributed by atoms with van der Waals surface area (Å²) in [6, 6.07) is 5.19. The maximum Gasteiger partial charge on any atom is 0.318 e. The minimum Gasteiger partial charge on any atom is -0.377 e. The van der Waals surface area contributed by atoms with E-state index < -0.39 is 0 Å². The lowest BCUT2D eigenvalue weighted by Crippen LogP contribution is -2.53. The van der Waals surface area contributed by atoms with Gasteiger partial charge >= 0.3 is 6.03 Å². The van der Waals surface area contributed by atoms with Crippen molar-refractivity contribution in [2.24, 2.45) is 5.92 Å². The van der Waals surface area contributed by atoms with Crippen LogP contribution in [0.4, 0.5) is 9.18 Å². The largest absolute Gasteiger partial charge is 0.377 e. The van der Waals surface area contributed by atoms with E-state index in [9.17, 15) is 9.18 Å². The predicted molar refractivity (Wildman–Crippen MR) is 77.4 cm³/mol. The van der Waals surface area contributed by atoms with Crippen LogP contribution in [0.5, 0.6) is 0 Å². The van der Waals surface area contributed by atoms with E-state index in [-0.39, 0.29) is 17.9 Å². The lowest BCUT2D eigenvalue weighted by atomic mass is 10.1. The second-order valence-electron chi connectivity index (χ2n) is 5.92. The highest BCUT2D eigenvalue weighted by Crippen LogP contribution is 2.36. The Hall–Kier alpha value is -1.62. The third kappa shape index (κ3) is 3.35. The molecule has 2 fully saturated rings. The molecular formula is C16H21FN2O2. The Bertz CT molecular complexity index is 531. The van der Waals surface area contributed by atoms with Gasteiger partial charge in [-0.1, -0.05) is 12.1 Å². The summed E-state index contributed by atoms with van der Waals surface area (Å²) in [5.74, 6) is 0.358. The molecule has 4 nitrogen and oxygen atoms in total. The van der Waals surface area contributed by atoms with Crippen molar-refractivity contribution in [2.45, 2.75) is 32.4 Å². The SMILES string of the molecule is Cc1ccc(CNC(=O)N2CCOC[C@@H]2C2CC2)cc1F. The number of nitrogens with zero attached hydrogens (tertiary/aromatic N) is 1. The average molecular weight is 292 g/mol. The summed E-state index contributed by atoms with van der Waals surface area (Å²) in [5, 5.41) is 2.89. The van der Waals surface area contributed by atoms with Gasteiger partial charge in [0.05, 0.1) is 19.3 Å². The molecule has 21 heavy (non-hydrogen) atoms. The molecule has 1 heterocycles. The average Bonchev–Trinajstić information content (AvgIpc) is 3.33. The number of hydrogen-bond acceptors (Lipinski definition) is 2. The first kappa shape index (κ1) is 14.3. The summed E-state index contributed by atoms with van der Waals surface area (Å²) in [6.07, 6.45) is 2.36. The van der Waals surface area contributed by atoms with E-state index in [4.69, 9.17) is 4.74 Å². The Morgan fingerprint density at radius 1 is 1.48 bits per heavy atom. The maximum atomic E-state index is 13.5. The van der Waals surface area contributed by atoms with Crippen LogP contribution in [0.3, 0.4) is 0 Å². The second kappa shape index (κ2) is 6.02. The monoisotopic (exact) mass is 292 g/mol. The van der Waals surface area contributed by atoms with Crippen molar-refractivity contribution in [3.05, 3.63) is 35.1 Å². The van der Waals surface area contributed by atoms with Crippen molar-refractivity contribution in [1.82, 2.24) is 10.2 Å². The van der Waals surface area contributed by atoms with Gasteiger partial charge in [-0.3, -0.25) is 0 Å². The van der Waals surface area contributed by atoms with Crippen LogP contribution in [0.1, 0.15) is 24.0 Å². The van der Waals surface area contributed by atoms with E-state index in [0.29, 0.717) is 37.8 Å². The van der Waals surface area contributed by atoms with Gasteiger partial charge in [0.15, 0.2) is 0 Å². The number of amides is 2. The van der Waals surface area contributed by atoms with Crippen LogP contribution in [0.15, 0.2) is 18.2 Å². The third-order valence-electron chi connectivity index (χ3n) is 4.27. The van der Waals surface area contributed by atoms with Gasteiger partial charge in [-0.2, -0.15) is 0 Å². The minimum absolute atomic E-state index is 0.0730. The van der Waals surface area contributed by atoms with Crippen LogP contribution in [0.25, 0.3) is 0 Å². The predicted octanol–water partition coefficient (Wildman–Crippen LogP) is 2.45. The zero-order valence-electron chi connectivity index (χ0n) is 12.3. The summed E-state index contributed by atoms with van der Waals surface area (Å²) in [5.41, 5.74) is 1.40. The number of urea groups is 1. The summed E-state index contributed by atoms with van der Waals surface area (Å²) in [7, 11) is 0. The molecule has 0 aromatic heterocycles. The van der Waals surface area contributed by atoms with Crippen LogP contribution in [-0.2, 0) is 11.3 Å². The van der Waals surface area contributed by atoms with Crippen LogP contribution in [0, 0.1) is 18.7 Å². The quantitative estimate of drug-likeness (QED) is 0.930. The van der Waals surface area contributed by atoms with Crippen molar-refractivity contribution in [2.75, 3.05) is 19.8 Å². The molecule has 1 atom stereocenters. The van der Waals surface area contributed by atoms with Gasteiger partial charge in [0.2, 0.25) is 0 Å². The van der Waals surface area contributed by atoms with E-state index in [1.807, 2.05) is 11.0 Å². The molecule has 2 amide bonds. The van der Waals surface area contributed by atoms with Crippen molar-refractivity contribution in [3.8, 4) is 0 Å². The van der Waals surface area contributed by atoms with Gasteiger partial charge in [-0.25, -0.2) is 9.18 Å². The first-order valence-electron chi connectivity index (χ1n) is 7.52. The Morgan fingerprint density at radius 2 is 2.29 bits per heavy atom. The molecule has 1 aromatic carbocycles. The number of morpholine rings is 1. The number of halogens is 1. The molecule has 0 spiro atoms. The van der Waals surface area contributed by atoms with Gasteiger partial charge in [0, 0.05) is 13.1 Å². The van der Waals surface area contributed by atoms with E-state index in [1.165, 1.54) is 18.9 Å². The molecule has 3 rings (SSSR count). The number of benzene rings is 1. The zero-order chi connectivity index (χ0) is 14.8. The molecule has 1 aromatic rings. The van der Waals surface area contributed by atoms with Gasteiger partial charge in [-0.05, 0) is 42.9 Å². The molecule has 1 N–H and O–H groups in total. The first-order valence-corrected chi connectivity index (χ1v) is 7.52. The number of ether oxygens (including phenoxy) is 1. The summed E-state index contributed by atoms with van der Waals surface area (Å²) in [4.78, 5) is 14.2. The fourth-order valence-corrected chi connectivity index (χ4v) is 2.77. The summed E-state index contributed by atoms with van der Waals surface area (Å²) < 4.78 is 19.0. The molecule has 1 aliphatic carbocycles. The number of carbonyl (C=O) groups is 1. The molecule has 114 valence electrons. The molecule has 0 unspecified atom stereocenters. The Balaban J connectivity index is 1.58. The van der Waals surface area contributed by atoms with Crippen LogP contribution in [-0.4, -0.2) is 36.7 Å². The number of nitrogens with one attached hydrogen (secondary N) is 1. The van der Waals surface area contributed by atoms with Gasteiger partial charge < -0.3 is 15.0 Å². The lowest BCUT2D eigenvalue weighted by Gasteiger charge is -2.35. The molecule has 5 heteroatoms. The Kier molecular flexibility index (Phi) is 4.10. The summed E-state index contributed by atoms with van der Waals surface area (Å²) in [6.45, 7) is 3.94. The number of rotatable bonds is 3. The smallest absolute Gasteiger partial charge is 0.318 e. The van der Waals surface area contributed by atoms with Crippen LogP contribution >= 0.6 is 0 Å². The molecule has 0 bridgehead atoms. The van der Waals surface area contributed by atoms with Crippen molar-refractivity contribution >= 4 is 6.03 Å². The summed E-state index contributed by atoms with van der Waals surface area (Å²) >= 11 is 0. The first-order chi connectivity index (χ1) is 10.1. The minimum atomic E-state index is -0.232. The Labute approximate surface area is 124 Å². The molecular weight excluding hydrogens is 271 g/mol. The van der Waals surface area contributed by atoms with Gasteiger partial charge in [0.1, 0.15) is 5.82 Å². The van der Waals surface area contributed by atoms with Crippen LogP contribution < -0.4 is 5.32 Å². The normalized spacial score (nSPS) is 22.2. The van der Waals surface area contributed by atoms with E-state index in [1.54, 1.807) is 13.0 Å². The van der Waals surface area contributed by atoms with E-state index in [0.717, 1.165) is 5.56 Å². The van der Waals surface area contributed by atoms with Crippen molar-refractivity contribution in [3.63, 3.8) is 0 Å². The van der Waals surface area contributed by atoms with Crippen molar-refractivity contribution < 1.29 is 13.9 Å². The highest BCUT2D eigenvalue weighted by molar-refractivity contribution is 5.74. The van der Waals surface area contributed by atoms with Crippen molar-refractivity contribution in [1.29, 1.82) is 0 Å². The number of carbonyl (C=O) groups excluding carboxylic acids is 1. The molecule has 0 radical (unpaired) electrons. The Morgan fingerprint density at radius 3 is 3.00 bits per heavy atom. The molecule has 1 saturated carbocycles. The third-order valence-corrected chi connectivity index (χ3v) is 4.27. The fourth-order valence-electron chi connectivity index (χ4n) is 2.77. The number of aryl methyl sites for hydroxylation is 1. The topological polar surface area (TPSA) is 41.6 Å². The molecule has 2 aliphatic rings. The fraction of sp³-hybridized carbons (Fsp3) is 0.562. The van der Waals surface area contributed by atoms with Gasteiger partial charge in [0.25, 0.3) is 0 Å². The zero-order valence-corrected chi connectivity index (χ0v) is 12.3. The molecule has 1 aliphatic heterocycles. The lowest BCUT2D eigenvalue weighted by molar-refractivity contribution is 0.00463. The van der Waals surface area contributed by atoms with E-state index >= 15 is 0 Å². The van der Waals surface area contributed by atoms with Gasteiger partial charge in [-0.15, -0.1) is 0 Å². The van der Waals surface area contributed by atoms with E-state index in [2.05, 4.69) is 5.32 Å². The number of hydrogen-bond donors (Lipinski definition) is 1. The maximum absolute atomic E-state index is 13.5. The molecule has 1 saturated heterocycles. The highest BCUT2D eigenvalue weighted by Gasteiger charge is 2.39.